The van der Waals surface area contributed by atoms with E-state index in [4.69, 9.17) is 5.11 Å². The predicted molar refractivity (Wildman–Crippen MR) is 71.4 cm³/mol. The Bertz CT molecular complexity index is 553. The van der Waals surface area contributed by atoms with Crippen LogP contribution < -0.4 is 0 Å². The minimum Gasteiger partial charge on any atom is -0.481 e. The van der Waals surface area contributed by atoms with Gasteiger partial charge >= 0.3 is 5.97 Å². The van der Waals surface area contributed by atoms with Crippen LogP contribution in [0.4, 0.5) is 4.79 Å². The van der Waals surface area contributed by atoms with Crippen molar-refractivity contribution in [1.82, 2.24) is 4.90 Å². The highest BCUT2D eigenvalue weighted by Crippen LogP contribution is 2.32. The van der Waals surface area contributed by atoms with Crippen molar-refractivity contribution in [3.8, 4) is 0 Å². The molecule has 1 aliphatic rings. The van der Waals surface area contributed by atoms with Gasteiger partial charge in [0.25, 0.3) is 11.1 Å². The van der Waals surface area contributed by atoms with E-state index in [0.717, 1.165) is 22.2 Å². The highest BCUT2D eigenvalue weighted by atomic mass is 32.2. The first-order valence-electron chi connectivity index (χ1n) is 5.60. The SMILES string of the molecule is O=C(O)CCN1C(=O)S/C(=C\c2ccccc2)C1=O. The van der Waals surface area contributed by atoms with Gasteiger partial charge in [-0.3, -0.25) is 19.3 Å². The van der Waals surface area contributed by atoms with Crippen molar-refractivity contribution < 1.29 is 19.5 Å². The van der Waals surface area contributed by atoms with Crippen LogP contribution in [0.1, 0.15) is 12.0 Å². The molecule has 1 aromatic rings. The summed E-state index contributed by atoms with van der Waals surface area (Å²) in [6, 6.07) is 9.17. The average Bonchev–Trinajstić information content (AvgIpc) is 2.63. The van der Waals surface area contributed by atoms with Crippen molar-refractivity contribution in [2.75, 3.05) is 6.54 Å². The molecule has 0 aliphatic carbocycles. The number of aliphatic carboxylic acids is 1. The summed E-state index contributed by atoms with van der Waals surface area (Å²) in [5.41, 5.74) is 0.825. The zero-order chi connectivity index (χ0) is 13.8. The number of nitrogens with zero attached hydrogens (tertiary/aromatic N) is 1. The lowest BCUT2D eigenvalue weighted by atomic mass is 10.2. The van der Waals surface area contributed by atoms with Gasteiger partial charge in [0.15, 0.2) is 0 Å². The molecule has 0 radical (unpaired) electrons. The number of hydrogen-bond donors (Lipinski definition) is 1. The summed E-state index contributed by atoms with van der Waals surface area (Å²) in [5, 5.41) is 8.15. The molecule has 1 aromatic carbocycles. The standard InChI is InChI=1S/C13H11NO4S/c15-11(16)6-7-14-12(17)10(19-13(14)18)8-9-4-2-1-3-5-9/h1-5,8H,6-7H2,(H,15,16)/b10-8-. The Morgan fingerprint density at radius 1 is 1.26 bits per heavy atom. The molecule has 19 heavy (non-hydrogen) atoms. The number of imide groups is 1. The van der Waals surface area contributed by atoms with E-state index < -0.39 is 17.1 Å². The van der Waals surface area contributed by atoms with Crippen molar-refractivity contribution >= 4 is 35.0 Å². The number of hydrogen-bond acceptors (Lipinski definition) is 4. The fourth-order valence-corrected chi connectivity index (χ4v) is 2.47. The van der Waals surface area contributed by atoms with Crippen LogP contribution in [-0.2, 0) is 9.59 Å². The summed E-state index contributed by atoms with van der Waals surface area (Å²) in [4.78, 5) is 35.3. The van der Waals surface area contributed by atoms with Crippen LogP contribution in [0.15, 0.2) is 35.2 Å². The zero-order valence-corrected chi connectivity index (χ0v) is 10.7. The molecule has 1 saturated heterocycles. The molecule has 0 spiro atoms. The van der Waals surface area contributed by atoms with Crippen molar-refractivity contribution in [1.29, 1.82) is 0 Å². The van der Waals surface area contributed by atoms with Crippen molar-refractivity contribution in [3.63, 3.8) is 0 Å². The Labute approximate surface area is 113 Å². The fourth-order valence-electron chi connectivity index (χ4n) is 1.60. The van der Waals surface area contributed by atoms with Gasteiger partial charge in [-0.15, -0.1) is 0 Å². The third-order valence-corrected chi connectivity index (χ3v) is 3.43. The second-order valence-electron chi connectivity index (χ2n) is 3.89. The molecule has 6 heteroatoms. The second kappa shape index (κ2) is 5.71. The van der Waals surface area contributed by atoms with Gasteiger partial charge in [0.05, 0.1) is 11.3 Å². The summed E-state index contributed by atoms with van der Waals surface area (Å²) in [5.74, 6) is -1.47. The Kier molecular flexibility index (Phi) is 4.01. The highest BCUT2D eigenvalue weighted by Gasteiger charge is 2.34. The third kappa shape index (κ3) is 3.23. The van der Waals surface area contributed by atoms with Crippen molar-refractivity contribution in [3.05, 3.63) is 40.8 Å². The molecule has 1 N–H and O–H groups in total. The molecular weight excluding hydrogens is 266 g/mol. The van der Waals surface area contributed by atoms with E-state index >= 15 is 0 Å². The molecule has 0 atom stereocenters. The van der Waals surface area contributed by atoms with Crippen LogP contribution in [0.3, 0.4) is 0 Å². The molecule has 1 heterocycles. The number of benzene rings is 1. The summed E-state index contributed by atoms with van der Waals surface area (Å²) in [7, 11) is 0. The maximum absolute atomic E-state index is 12.0. The van der Waals surface area contributed by atoms with Gasteiger partial charge in [-0.25, -0.2) is 0 Å². The lowest BCUT2D eigenvalue weighted by Crippen LogP contribution is -2.30. The second-order valence-corrected chi connectivity index (χ2v) is 4.88. The monoisotopic (exact) mass is 277 g/mol. The van der Waals surface area contributed by atoms with E-state index in [1.807, 2.05) is 30.3 Å². The van der Waals surface area contributed by atoms with Crippen molar-refractivity contribution in [2.24, 2.45) is 0 Å². The van der Waals surface area contributed by atoms with Gasteiger partial charge in [0.1, 0.15) is 0 Å². The molecule has 2 amide bonds. The Morgan fingerprint density at radius 3 is 2.58 bits per heavy atom. The van der Waals surface area contributed by atoms with Crippen LogP contribution in [0.25, 0.3) is 6.08 Å². The first-order valence-corrected chi connectivity index (χ1v) is 6.42. The minimum atomic E-state index is -1.04. The largest absolute Gasteiger partial charge is 0.481 e. The quantitative estimate of drug-likeness (QED) is 0.854. The van der Waals surface area contributed by atoms with E-state index in [-0.39, 0.29) is 13.0 Å². The highest BCUT2D eigenvalue weighted by molar-refractivity contribution is 8.18. The van der Waals surface area contributed by atoms with Crippen LogP contribution >= 0.6 is 11.8 Å². The van der Waals surface area contributed by atoms with Gasteiger partial charge in [-0.2, -0.15) is 0 Å². The number of thioether (sulfide) groups is 1. The maximum Gasteiger partial charge on any atom is 0.305 e. The van der Waals surface area contributed by atoms with E-state index in [1.54, 1.807) is 6.08 Å². The summed E-state index contributed by atoms with van der Waals surface area (Å²) < 4.78 is 0. The van der Waals surface area contributed by atoms with Gasteiger partial charge in [-0.05, 0) is 23.4 Å². The Balaban J connectivity index is 2.14. The number of rotatable bonds is 4. The van der Waals surface area contributed by atoms with E-state index in [1.165, 1.54) is 0 Å². The van der Waals surface area contributed by atoms with E-state index in [2.05, 4.69) is 0 Å². The van der Waals surface area contributed by atoms with Gasteiger partial charge in [0.2, 0.25) is 0 Å². The predicted octanol–water partition coefficient (Wildman–Crippen LogP) is 2.20. The van der Waals surface area contributed by atoms with E-state index in [9.17, 15) is 14.4 Å². The molecule has 0 unspecified atom stereocenters. The topological polar surface area (TPSA) is 74.7 Å². The molecule has 2 rings (SSSR count). The molecule has 1 aliphatic heterocycles. The summed E-state index contributed by atoms with van der Waals surface area (Å²) >= 11 is 0.834. The zero-order valence-electron chi connectivity index (χ0n) is 9.91. The number of amides is 2. The number of carbonyl (C=O) groups excluding carboxylic acids is 2. The van der Waals surface area contributed by atoms with Crippen LogP contribution in [0.5, 0.6) is 0 Å². The fraction of sp³-hybridized carbons (Fsp3) is 0.154. The molecule has 1 fully saturated rings. The lowest BCUT2D eigenvalue weighted by molar-refractivity contribution is -0.137. The molecule has 5 nitrogen and oxygen atoms in total. The summed E-state index contributed by atoms with van der Waals surface area (Å²) in [6.07, 6.45) is 1.39. The molecule has 98 valence electrons. The first-order chi connectivity index (χ1) is 9.08. The van der Waals surface area contributed by atoms with E-state index in [0.29, 0.717) is 4.91 Å². The van der Waals surface area contributed by atoms with Gasteiger partial charge < -0.3 is 5.11 Å². The normalized spacial score (nSPS) is 17.3. The van der Waals surface area contributed by atoms with Crippen LogP contribution in [-0.4, -0.2) is 33.7 Å². The lowest BCUT2D eigenvalue weighted by Gasteiger charge is -2.09. The Hall–Kier alpha value is -2.08. The molecular formula is C13H11NO4S. The summed E-state index contributed by atoms with van der Waals surface area (Å²) in [6.45, 7) is -0.0911. The van der Waals surface area contributed by atoms with Gasteiger partial charge in [0, 0.05) is 6.54 Å². The molecule has 0 bridgehead atoms. The molecule has 0 aromatic heterocycles. The van der Waals surface area contributed by atoms with Crippen molar-refractivity contribution in [2.45, 2.75) is 6.42 Å². The van der Waals surface area contributed by atoms with Crippen LogP contribution in [0, 0.1) is 0 Å². The number of carboxylic acid groups (broad SMARTS) is 1. The average molecular weight is 277 g/mol. The minimum absolute atomic E-state index is 0.0911. The smallest absolute Gasteiger partial charge is 0.305 e. The van der Waals surface area contributed by atoms with Crippen LogP contribution in [0.2, 0.25) is 0 Å². The number of carboxylic acids is 1. The van der Waals surface area contributed by atoms with Gasteiger partial charge in [-0.1, -0.05) is 30.3 Å². The number of carbonyl (C=O) groups is 3. The first kappa shape index (κ1) is 13.4. The third-order valence-electron chi connectivity index (χ3n) is 2.52. The maximum atomic E-state index is 12.0. The molecule has 0 saturated carbocycles. The Morgan fingerprint density at radius 2 is 1.95 bits per heavy atom.